The van der Waals surface area contributed by atoms with Crippen molar-refractivity contribution in [2.75, 3.05) is 29.9 Å². The molecule has 21 heavy (non-hydrogen) atoms. The molecule has 2 aliphatic rings. The number of anilines is 2. The molecule has 116 valence electrons. The van der Waals surface area contributed by atoms with Crippen LogP contribution in [0, 0.1) is 11.3 Å². The lowest BCUT2D eigenvalue weighted by Gasteiger charge is -2.30. The van der Waals surface area contributed by atoms with E-state index in [9.17, 15) is 0 Å². The van der Waals surface area contributed by atoms with Crippen molar-refractivity contribution in [3.05, 3.63) is 23.8 Å². The number of aryl methyl sites for hydroxylation is 1. The van der Waals surface area contributed by atoms with Crippen molar-refractivity contribution in [1.82, 2.24) is 0 Å². The van der Waals surface area contributed by atoms with Crippen LogP contribution in [-0.2, 0) is 6.42 Å². The Morgan fingerprint density at radius 1 is 1.10 bits per heavy atom. The molecule has 3 rings (SSSR count). The maximum Gasteiger partial charge on any atom is 0.0393 e. The summed E-state index contributed by atoms with van der Waals surface area (Å²) in [4.78, 5) is 2.60. The van der Waals surface area contributed by atoms with E-state index in [0.29, 0.717) is 5.41 Å². The Morgan fingerprint density at radius 2 is 1.95 bits per heavy atom. The smallest absolute Gasteiger partial charge is 0.0393 e. The average molecular weight is 286 g/mol. The molecule has 1 fully saturated rings. The zero-order valence-corrected chi connectivity index (χ0v) is 13.9. The third kappa shape index (κ3) is 3.36. The summed E-state index contributed by atoms with van der Waals surface area (Å²) in [5, 5.41) is 3.56. The summed E-state index contributed by atoms with van der Waals surface area (Å²) in [6.07, 6.45) is 6.53. The van der Waals surface area contributed by atoms with Gasteiger partial charge in [0.05, 0.1) is 0 Å². The number of fused-ring (bicyclic) bond motifs is 1. The fraction of sp³-hybridized carbons (Fsp3) is 0.684. The van der Waals surface area contributed by atoms with Gasteiger partial charge in [0.25, 0.3) is 0 Å². The number of benzene rings is 1. The van der Waals surface area contributed by atoms with Gasteiger partial charge >= 0.3 is 0 Å². The third-order valence-electron chi connectivity index (χ3n) is 5.35. The summed E-state index contributed by atoms with van der Waals surface area (Å²) in [5.74, 6) is 0.859. The molecule has 2 aliphatic heterocycles. The molecule has 1 unspecified atom stereocenters. The maximum absolute atomic E-state index is 3.56. The molecule has 1 aromatic carbocycles. The van der Waals surface area contributed by atoms with Gasteiger partial charge in [-0.3, -0.25) is 0 Å². The lowest BCUT2D eigenvalue weighted by molar-refractivity contribution is 0.220. The lowest BCUT2D eigenvalue weighted by atomic mass is 9.77. The molecule has 0 amide bonds. The minimum atomic E-state index is 0.452. The molecule has 0 radical (unpaired) electrons. The minimum absolute atomic E-state index is 0.452. The van der Waals surface area contributed by atoms with Crippen LogP contribution < -0.4 is 10.2 Å². The van der Waals surface area contributed by atoms with Crippen LogP contribution >= 0.6 is 0 Å². The van der Waals surface area contributed by atoms with E-state index >= 15 is 0 Å². The molecule has 0 aliphatic carbocycles. The highest BCUT2D eigenvalue weighted by Gasteiger charge is 2.27. The van der Waals surface area contributed by atoms with Gasteiger partial charge in [0.2, 0.25) is 0 Å². The fourth-order valence-electron chi connectivity index (χ4n) is 3.87. The number of nitrogens with zero attached hydrogens (tertiary/aromatic N) is 1. The second-order valence-electron chi connectivity index (χ2n) is 7.85. The molecule has 0 spiro atoms. The van der Waals surface area contributed by atoms with Gasteiger partial charge in [-0.1, -0.05) is 26.8 Å². The summed E-state index contributed by atoms with van der Waals surface area (Å²) < 4.78 is 0. The van der Waals surface area contributed by atoms with E-state index in [1.165, 1.54) is 62.1 Å². The van der Waals surface area contributed by atoms with Crippen LogP contribution in [0.15, 0.2) is 18.2 Å². The van der Waals surface area contributed by atoms with E-state index in [0.717, 1.165) is 12.5 Å². The summed E-state index contributed by atoms with van der Waals surface area (Å²) in [7, 11) is 0. The Kier molecular flexibility index (Phi) is 4.14. The van der Waals surface area contributed by atoms with Crippen molar-refractivity contribution < 1.29 is 0 Å². The molecule has 0 bridgehead atoms. The van der Waals surface area contributed by atoms with Crippen LogP contribution in [0.4, 0.5) is 11.4 Å². The maximum atomic E-state index is 3.56. The van der Waals surface area contributed by atoms with Gasteiger partial charge in [-0.25, -0.2) is 0 Å². The highest BCUT2D eigenvalue weighted by Crippen LogP contribution is 2.36. The third-order valence-corrected chi connectivity index (χ3v) is 5.35. The monoisotopic (exact) mass is 286 g/mol. The Bertz CT molecular complexity index is 487. The zero-order chi connectivity index (χ0) is 14.9. The molecule has 1 atom stereocenters. The van der Waals surface area contributed by atoms with E-state index in [1.807, 2.05) is 0 Å². The average Bonchev–Trinajstić information content (AvgIpc) is 2.72. The zero-order valence-electron chi connectivity index (χ0n) is 13.9. The van der Waals surface area contributed by atoms with E-state index < -0.39 is 0 Å². The van der Waals surface area contributed by atoms with Crippen molar-refractivity contribution in [2.45, 2.75) is 52.9 Å². The summed E-state index contributed by atoms with van der Waals surface area (Å²) >= 11 is 0. The van der Waals surface area contributed by atoms with Crippen LogP contribution in [0.1, 0.15) is 52.0 Å². The van der Waals surface area contributed by atoms with Crippen molar-refractivity contribution in [1.29, 1.82) is 0 Å². The highest BCUT2D eigenvalue weighted by atomic mass is 15.1. The second-order valence-corrected chi connectivity index (χ2v) is 7.85. The first-order valence-electron chi connectivity index (χ1n) is 8.66. The summed E-state index contributed by atoms with van der Waals surface area (Å²) in [5.41, 5.74) is 4.73. The lowest BCUT2D eigenvalue weighted by Crippen LogP contribution is -2.26. The first-order valence-corrected chi connectivity index (χ1v) is 8.66. The molecule has 2 heterocycles. The molecule has 2 heteroatoms. The Hall–Kier alpha value is -1.18. The van der Waals surface area contributed by atoms with Gasteiger partial charge in [-0.2, -0.15) is 0 Å². The highest BCUT2D eigenvalue weighted by molar-refractivity contribution is 5.63. The van der Waals surface area contributed by atoms with Crippen LogP contribution in [0.5, 0.6) is 0 Å². The molecule has 1 aromatic rings. The van der Waals surface area contributed by atoms with Crippen LogP contribution in [0.3, 0.4) is 0 Å². The van der Waals surface area contributed by atoms with Crippen molar-refractivity contribution in [3.8, 4) is 0 Å². The number of hydrogen-bond donors (Lipinski definition) is 1. The van der Waals surface area contributed by atoms with Crippen molar-refractivity contribution >= 4 is 11.4 Å². The van der Waals surface area contributed by atoms with Crippen LogP contribution in [0.2, 0.25) is 0 Å². The van der Waals surface area contributed by atoms with Crippen molar-refractivity contribution in [2.24, 2.45) is 11.3 Å². The topological polar surface area (TPSA) is 15.3 Å². The van der Waals surface area contributed by atoms with E-state index in [-0.39, 0.29) is 0 Å². The Morgan fingerprint density at radius 3 is 2.76 bits per heavy atom. The first-order chi connectivity index (χ1) is 10.0. The first kappa shape index (κ1) is 14.7. The fourth-order valence-corrected chi connectivity index (χ4v) is 3.87. The summed E-state index contributed by atoms with van der Waals surface area (Å²) in [6.45, 7) is 10.7. The Balaban J connectivity index is 1.72. The van der Waals surface area contributed by atoms with Crippen LogP contribution in [0.25, 0.3) is 0 Å². The quantitative estimate of drug-likeness (QED) is 0.805. The molecule has 2 nitrogen and oxygen atoms in total. The standard InChI is InChI=1S/C19H30N2/c1-19(2,3)16-7-5-12-21(13-10-16)17-9-8-15-6-4-11-20-18(15)14-17/h8-9,14,16,20H,4-7,10-13H2,1-3H3. The molecule has 0 saturated carbocycles. The van der Waals surface area contributed by atoms with Gasteiger partial charge in [-0.05, 0) is 61.1 Å². The molecule has 1 saturated heterocycles. The van der Waals surface area contributed by atoms with E-state index in [4.69, 9.17) is 0 Å². The van der Waals surface area contributed by atoms with Crippen LogP contribution in [-0.4, -0.2) is 19.6 Å². The Labute approximate surface area is 129 Å². The number of hydrogen-bond acceptors (Lipinski definition) is 2. The molecular formula is C19H30N2. The largest absolute Gasteiger partial charge is 0.385 e. The number of nitrogens with one attached hydrogen (secondary N) is 1. The van der Waals surface area contributed by atoms with E-state index in [1.54, 1.807) is 0 Å². The van der Waals surface area contributed by atoms with Crippen molar-refractivity contribution in [3.63, 3.8) is 0 Å². The number of rotatable bonds is 1. The van der Waals surface area contributed by atoms with E-state index in [2.05, 4.69) is 49.2 Å². The molecule has 0 aromatic heterocycles. The SMILES string of the molecule is CC(C)(C)C1CCCN(c2ccc3c(c2)NCCC3)CC1. The van der Waals surface area contributed by atoms with Gasteiger partial charge in [-0.15, -0.1) is 0 Å². The summed E-state index contributed by atoms with van der Waals surface area (Å²) in [6, 6.07) is 7.05. The van der Waals surface area contributed by atoms with Gasteiger partial charge in [0, 0.05) is 31.0 Å². The van der Waals surface area contributed by atoms with Gasteiger partial charge in [0.15, 0.2) is 0 Å². The minimum Gasteiger partial charge on any atom is -0.385 e. The predicted molar refractivity (Wildman–Crippen MR) is 92.3 cm³/mol. The second kappa shape index (κ2) is 5.90. The van der Waals surface area contributed by atoms with Gasteiger partial charge < -0.3 is 10.2 Å². The molecular weight excluding hydrogens is 256 g/mol. The normalized spacial score (nSPS) is 23.2. The van der Waals surface area contributed by atoms with Gasteiger partial charge in [0.1, 0.15) is 0 Å². The molecule has 1 N–H and O–H groups in total. The predicted octanol–water partition coefficient (Wildman–Crippen LogP) is 4.70.